The van der Waals surface area contributed by atoms with Crippen LogP contribution in [0.1, 0.15) is 13.2 Å². The molecule has 3 heterocycles. The molecule has 1 saturated heterocycles. The first-order valence-corrected chi connectivity index (χ1v) is 9.66. The van der Waals surface area contributed by atoms with Crippen LogP contribution in [0.2, 0.25) is 0 Å². The van der Waals surface area contributed by atoms with Crippen LogP contribution in [0.5, 0.6) is 5.88 Å². The number of nitrogens with zero attached hydrogens (tertiary/aromatic N) is 4. The molecule has 3 rings (SSSR count). The molecule has 5 atom stereocenters. The molecule has 2 aromatic heterocycles. The molecule has 28 heavy (non-hydrogen) atoms. The van der Waals surface area contributed by atoms with Crippen molar-refractivity contribution in [1.29, 1.82) is 0 Å². The lowest BCUT2D eigenvalue weighted by Crippen LogP contribution is -2.47. The van der Waals surface area contributed by atoms with Gasteiger partial charge in [0, 0.05) is 0 Å². The number of aliphatic hydroxyl groups is 1. The highest BCUT2D eigenvalue weighted by molar-refractivity contribution is 7.38. The normalized spacial score (nSPS) is 30.4. The summed E-state index contributed by atoms with van der Waals surface area (Å²) in [5.41, 5.74) is 2.70. The fourth-order valence-electron chi connectivity index (χ4n) is 2.80. The zero-order valence-electron chi connectivity index (χ0n) is 14.9. The molecule has 150 valence electrons. The number of alkyl halides is 2. The molecule has 1 unspecified atom stereocenters. The monoisotopic (exact) mass is 416 g/mol. The van der Waals surface area contributed by atoms with Crippen LogP contribution in [-0.2, 0) is 13.8 Å². The van der Waals surface area contributed by atoms with Gasteiger partial charge in [-0.25, -0.2) is 13.8 Å². The summed E-state index contributed by atoms with van der Waals surface area (Å²) in [5, 5.41) is 10.2. The van der Waals surface area contributed by atoms with Gasteiger partial charge < -0.3 is 20.3 Å². The number of ether oxygens (including phenoxy) is 2. The summed E-state index contributed by atoms with van der Waals surface area (Å²) < 4.78 is 57.7. The van der Waals surface area contributed by atoms with Crippen LogP contribution in [0.25, 0.3) is 11.2 Å². The molecule has 2 aromatic rings. The van der Waals surface area contributed by atoms with Crippen LogP contribution in [0, 0.1) is 12.3 Å². The van der Waals surface area contributed by atoms with Gasteiger partial charge in [0.1, 0.15) is 0 Å². The third kappa shape index (κ3) is 3.16. The summed E-state index contributed by atoms with van der Waals surface area (Å²) in [6, 6.07) is 0. The Kier molecular flexibility index (Phi) is 5.20. The van der Waals surface area contributed by atoms with Gasteiger partial charge in [-0.1, -0.05) is 5.92 Å². The second kappa shape index (κ2) is 7.18. The molecule has 0 amide bonds. The first kappa shape index (κ1) is 20.3. The number of terminal acetylenes is 1. The van der Waals surface area contributed by atoms with Crippen LogP contribution in [0.3, 0.4) is 0 Å². The zero-order valence-corrected chi connectivity index (χ0v) is 15.8. The lowest BCUT2D eigenvalue weighted by Gasteiger charge is -2.23. The maximum atomic E-state index is 15.4. The van der Waals surface area contributed by atoms with E-state index < -0.39 is 38.5 Å². The molecule has 10 nitrogen and oxygen atoms in total. The predicted octanol–water partition coefficient (Wildman–Crippen LogP) is 1.09. The molecule has 0 spiro atoms. The van der Waals surface area contributed by atoms with Gasteiger partial charge >= 0.3 is 8.03 Å². The highest BCUT2D eigenvalue weighted by Gasteiger charge is 2.67. The maximum Gasteiger partial charge on any atom is 0.505 e. The maximum absolute atomic E-state index is 15.4. The molecule has 3 N–H and O–H groups in total. The summed E-state index contributed by atoms with van der Waals surface area (Å²) in [7, 11) is -2.23. The van der Waals surface area contributed by atoms with Gasteiger partial charge in [-0.05, 0) is 11.5 Å². The highest BCUT2D eigenvalue weighted by atomic mass is 31.1. The van der Waals surface area contributed by atoms with E-state index in [-0.39, 0.29) is 29.6 Å². The average Bonchev–Trinajstić information content (AvgIpc) is 3.14. The van der Waals surface area contributed by atoms with Gasteiger partial charge in [0.05, 0.1) is 12.9 Å². The second-order valence-electron chi connectivity index (χ2n) is 5.93. The molecule has 0 saturated carbocycles. The fourth-order valence-corrected chi connectivity index (χ4v) is 3.16. The lowest BCUT2D eigenvalue weighted by atomic mass is 9.96. The number of nitrogens with two attached hydrogens (primary N) is 1. The summed E-state index contributed by atoms with van der Waals surface area (Å²) in [6.45, 7) is 2.12. The minimum absolute atomic E-state index is 0.0327. The molecule has 13 heteroatoms. The topological polar surface area (TPSA) is 135 Å². The Morgan fingerprint density at radius 3 is 2.86 bits per heavy atom. The SMILES string of the molecule is C#C[C@]1(F)[C@H](n2cnc3c(OCC)nc(N)nc32)O[C@](F)(CO[P+](C)=O)[C@H]1O. The molecule has 0 aliphatic carbocycles. The van der Waals surface area contributed by atoms with E-state index in [0.717, 1.165) is 10.9 Å². The van der Waals surface area contributed by atoms with E-state index in [9.17, 15) is 9.67 Å². The Morgan fingerprint density at radius 2 is 2.25 bits per heavy atom. The smallest absolute Gasteiger partial charge is 0.476 e. The van der Waals surface area contributed by atoms with Crippen molar-refractivity contribution in [3.05, 3.63) is 6.33 Å². The fraction of sp³-hybridized carbons (Fsp3) is 0.533. The minimum Gasteiger partial charge on any atom is -0.476 e. The van der Waals surface area contributed by atoms with Crippen LogP contribution in [0.4, 0.5) is 14.7 Å². The standard InChI is InChI=1S/C15H17F2N5O5P/c1-4-14(16)11(23)15(17,6-26-28(3)24)27-12(14)22-7-19-8-9(22)20-13(18)21-10(8)25-5-2/h1,7,11-12,23H,5-6H2,2-3H3,(H2,18,20,21)/q+1/t11-,12+,14+,15+/m0/s1. The third-order valence-corrected chi connectivity index (χ3v) is 4.57. The Labute approximate surface area is 158 Å². The summed E-state index contributed by atoms with van der Waals surface area (Å²) in [6.07, 6.45) is 2.01. The van der Waals surface area contributed by atoms with Crippen molar-refractivity contribution in [2.75, 3.05) is 25.6 Å². The van der Waals surface area contributed by atoms with Crippen LogP contribution in [-0.4, -0.2) is 62.1 Å². The van der Waals surface area contributed by atoms with E-state index >= 15 is 8.78 Å². The molecule has 0 radical (unpaired) electrons. The number of fused-ring (bicyclic) bond motifs is 1. The van der Waals surface area contributed by atoms with Crippen molar-refractivity contribution in [2.45, 2.75) is 30.8 Å². The molecule has 0 aromatic carbocycles. The molecule has 1 aliphatic rings. The van der Waals surface area contributed by atoms with Crippen LogP contribution in [0.15, 0.2) is 6.33 Å². The van der Waals surface area contributed by atoms with E-state index in [1.807, 2.05) is 0 Å². The average molecular weight is 416 g/mol. The molecule has 0 bridgehead atoms. The minimum atomic E-state index is -3.06. The number of hydrogen-bond donors (Lipinski definition) is 2. The van der Waals surface area contributed by atoms with E-state index in [1.165, 1.54) is 6.66 Å². The largest absolute Gasteiger partial charge is 0.505 e. The number of halogens is 2. The molecule has 1 fully saturated rings. The Hall–Kier alpha value is -2.45. The lowest BCUT2D eigenvalue weighted by molar-refractivity contribution is -0.201. The van der Waals surface area contributed by atoms with E-state index in [4.69, 9.17) is 21.6 Å². The summed E-state index contributed by atoms with van der Waals surface area (Å²) in [5.74, 6) is -1.52. The van der Waals surface area contributed by atoms with Crippen molar-refractivity contribution in [3.8, 4) is 18.2 Å². The Balaban J connectivity index is 2.09. The second-order valence-corrected chi connectivity index (χ2v) is 7.07. The Morgan fingerprint density at radius 1 is 1.54 bits per heavy atom. The van der Waals surface area contributed by atoms with Gasteiger partial charge in [0.15, 0.2) is 36.8 Å². The van der Waals surface area contributed by atoms with Crippen LogP contribution < -0.4 is 10.5 Å². The first-order valence-electron chi connectivity index (χ1n) is 8.04. The predicted molar refractivity (Wildman–Crippen MR) is 93.0 cm³/mol. The van der Waals surface area contributed by atoms with Gasteiger partial charge in [-0.3, -0.25) is 4.57 Å². The molecular formula is C15H17F2N5O5P+. The highest BCUT2D eigenvalue weighted by Crippen LogP contribution is 2.49. The van der Waals surface area contributed by atoms with Crippen molar-refractivity contribution in [2.24, 2.45) is 0 Å². The van der Waals surface area contributed by atoms with Crippen LogP contribution >= 0.6 is 8.03 Å². The van der Waals surface area contributed by atoms with Gasteiger partial charge in [-0.15, -0.1) is 10.9 Å². The van der Waals surface area contributed by atoms with Crippen molar-refractivity contribution < 1.29 is 32.4 Å². The number of anilines is 1. The summed E-state index contributed by atoms with van der Waals surface area (Å²) >= 11 is 0. The third-order valence-electron chi connectivity index (χ3n) is 4.08. The van der Waals surface area contributed by atoms with Gasteiger partial charge in [0.2, 0.25) is 17.5 Å². The Bertz CT molecular complexity index is 968. The number of rotatable bonds is 6. The van der Waals surface area contributed by atoms with Gasteiger partial charge in [-0.2, -0.15) is 9.97 Å². The van der Waals surface area contributed by atoms with Crippen molar-refractivity contribution >= 4 is 25.1 Å². The van der Waals surface area contributed by atoms with Crippen molar-refractivity contribution in [1.82, 2.24) is 19.5 Å². The number of imidazole rings is 1. The van der Waals surface area contributed by atoms with Crippen molar-refractivity contribution in [3.63, 3.8) is 0 Å². The quantitative estimate of drug-likeness (QED) is 0.524. The zero-order chi connectivity index (χ0) is 20.7. The van der Waals surface area contributed by atoms with Gasteiger partial charge in [0.25, 0.3) is 5.85 Å². The number of hydrogen-bond acceptors (Lipinski definition) is 9. The number of aromatic nitrogens is 4. The summed E-state index contributed by atoms with van der Waals surface area (Å²) in [4.78, 5) is 11.9. The van der Waals surface area contributed by atoms with E-state index in [2.05, 4.69) is 19.5 Å². The first-order chi connectivity index (χ1) is 13.2. The molecular weight excluding hydrogens is 399 g/mol. The number of nitrogen functional groups attached to an aromatic ring is 1. The van der Waals surface area contributed by atoms with E-state index in [1.54, 1.807) is 12.8 Å². The molecule has 1 aliphatic heterocycles. The van der Waals surface area contributed by atoms with E-state index in [0.29, 0.717) is 0 Å². The number of aliphatic hydroxyl groups excluding tert-OH is 1.